The highest BCUT2D eigenvalue weighted by atomic mass is 16.5. The topological polar surface area (TPSA) is 77.1 Å². The predicted octanol–water partition coefficient (Wildman–Crippen LogP) is 2.19. The van der Waals surface area contributed by atoms with E-state index in [4.69, 9.17) is 4.52 Å². The van der Waals surface area contributed by atoms with Gasteiger partial charge in [-0.15, -0.1) is 0 Å². The Labute approximate surface area is 144 Å². The third kappa shape index (κ3) is 3.60. The van der Waals surface area contributed by atoms with Crippen LogP contribution in [-0.2, 0) is 13.1 Å². The molecule has 4 rings (SSSR count). The van der Waals surface area contributed by atoms with Crippen LogP contribution in [0.3, 0.4) is 0 Å². The molecule has 0 aliphatic heterocycles. The van der Waals surface area contributed by atoms with Crippen LogP contribution in [0.2, 0.25) is 0 Å². The molecule has 25 heavy (non-hydrogen) atoms. The minimum atomic E-state index is -0.185. The van der Waals surface area contributed by atoms with Crippen LogP contribution in [0.25, 0.3) is 0 Å². The van der Waals surface area contributed by atoms with Gasteiger partial charge in [-0.2, -0.15) is 10.1 Å². The molecule has 0 atom stereocenters. The zero-order valence-electron chi connectivity index (χ0n) is 14.0. The highest BCUT2D eigenvalue weighted by molar-refractivity contribution is 5.42. The lowest BCUT2D eigenvalue weighted by Gasteiger charge is -2.19. The van der Waals surface area contributed by atoms with Crippen LogP contribution in [0, 0.1) is 0 Å². The second-order valence-electron chi connectivity index (χ2n) is 6.37. The number of anilines is 1. The van der Waals surface area contributed by atoms with E-state index in [1.54, 1.807) is 12.3 Å². The summed E-state index contributed by atoms with van der Waals surface area (Å²) in [6.45, 7) is 0.930. The zero-order chi connectivity index (χ0) is 17.2. The van der Waals surface area contributed by atoms with Crippen LogP contribution < -0.4 is 10.5 Å². The fourth-order valence-corrected chi connectivity index (χ4v) is 2.66. The number of nitrogens with zero attached hydrogens (tertiary/aromatic N) is 5. The fraction of sp³-hybridized carbons (Fsp3) is 0.333. The summed E-state index contributed by atoms with van der Waals surface area (Å²) in [5, 5.41) is 8.18. The average molecular weight is 337 g/mol. The van der Waals surface area contributed by atoms with Crippen molar-refractivity contribution in [3.8, 4) is 0 Å². The molecular weight excluding hydrogens is 318 g/mol. The van der Waals surface area contributed by atoms with Gasteiger partial charge < -0.3 is 9.42 Å². The smallest absolute Gasteiger partial charge is 0.269 e. The first-order valence-corrected chi connectivity index (χ1v) is 8.34. The third-order valence-electron chi connectivity index (χ3n) is 4.26. The van der Waals surface area contributed by atoms with Gasteiger partial charge in [0.15, 0.2) is 5.82 Å². The summed E-state index contributed by atoms with van der Waals surface area (Å²) in [5.74, 6) is 1.56. The molecule has 3 aromatic rings. The summed E-state index contributed by atoms with van der Waals surface area (Å²) < 4.78 is 6.57. The quantitative estimate of drug-likeness (QED) is 0.686. The van der Waals surface area contributed by atoms with Crippen LogP contribution in [0.1, 0.15) is 36.0 Å². The monoisotopic (exact) mass is 337 g/mol. The Morgan fingerprint density at radius 2 is 2.08 bits per heavy atom. The van der Waals surface area contributed by atoms with Crippen molar-refractivity contribution in [2.75, 3.05) is 11.9 Å². The molecule has 2 heterocycles. The van der Waals surface area contributed by atoms with Crippen LogP contribution in [0.4, 0.5) is 5.69 Å². The molecule has 7 heteroatoms. The second-order valence-corrected chi connectivity index (χ2v) is 6.37. The number of aromatic nitrogens is 4. The molecule has 128 valence electrons. The largest absolute Gasteiger partial charge is 0.369 e. The molecule has 7 nitrogen and oxygen atoms in total. The molecule has 1 aromatic carbocycles. The number of hydrogen-bond acceptors (Lipinski definition) is 6. The van der Waals surface area contributed by atoms with Gasteiger partial charge in [0.05, 0.1) is 11.9 Å². The van der Waals surface area contributed by atoms with Crippen molar-refractivity contribution < 1.29 is 4.52 Å². The maximum absolute atomic E-state index is 12.3. The van der Waals surface area contributed by atoms with Gasteiger partial charge in [-0.3, -0.25) is 4.79 Å². The van der Waals surface area contributed by atoms with Gasteiger partial charge in [0.2, 0.25) is 5.89 Å². The number of benzene rings is 1. The molecule has 1 saturated carbocycles. The predicted molar refractivity (Wildman–Crippen MR) is 92.4 cm³/mol. The van der Waals surface area contributed by atoms with Crippen LogP contribution in [0.5, 0.6) is 0 Å². The molecule has 2 aromatic heterocycles. The molecule has 0 amide bonds. The summed E-state index contributed by atoms with van der Waals surface area (Å²) in [5.41, 5.74) is 1.76. The van der Waals surface area contributed by atoms with Crippen molar-refractivity contribution in [3.05, 3.63) is 70.2 Å². The Kier molecular flexibility index (Phi) is 4.05. The average Bonchev–Trinajstić information content (AvgIpc) is 3.37. The van der Waals surface area contributed by atoms with Gasteiger partial charge in [-0.25, -0.2) is 4.68 Å². The summed E-state index contributed by atoms with van der Waals surface area (Å²) in [7, 11) is 1.94. The van der Waals surface area contributed by atoms with E-state index in [2.05, 4.69) is 27.4 Å². The second kappa shape index (κ2) is 6.51. The molecule has 1 fully saturated rings. The molecule has 0 N–H and O–H groups in total. The maximum Gasteiger partial charge on any atom is 0.269 e. The van der Waals surface area contributed by atoms with Gasteiger partial charge in [-0.1, -0.05) is 35.5 Å². The Balaban J connectivity index is 1.47. The summed E-state index contributed by atoms with van der Waals surface area (Å²) in [6.07, 6.45) is 3.89. The van der Waals surface area contributed by atoms with E-state index in [0.29, 0.717) is 24.2 Å². The van der Waals surface area contributed by atoms with Crippen molar-refractivity contribution in [3.63, 3.8) is 0 Å². The lowest BCUT2D eigenvalue weighted by molar-refractivity contribution is 0.372. The van der Waals surface area contributed by atoms with Crippen molar-refractivity contribution in [1.29, 1.82) is 0 Å². The molecular formula is C18H19N5O2. The van der Waals surface area contributed by atoms with Crippen molar-refractivity contribution >= 4 is 5.69 Å². The summed E-state index contributed by atoms with van der Waals surface area (Å²) >= 11 is 0. The van der Waals surface area contributed by atoms with Crippen molar-refractivity contribution in [2.45, 2.75) is 31.8 Å². The van der Waals surface area contributed by atoms with E-state index in [1.807, 2.05) is 30.1 Å². The van der Waals surface area contributed by atoms with E-state index in [9.17, 15) is 4.79 Å². The van der Waals surface area contributed by atoms with Crippen molar-refractivity contribution in [1.82, 2.24) is 19.9 Å². The number of hydrogen-bond donors (Lipinski definition) is 0. The molecule has 1 aliphatic rings. The van der Waals surface area contributed by atoms with E-state index >= 15 is 0 Å². The van der Waals surface area contributed by atoms with Gasteiger partial charge in [0.25, 0.3) is 5.56 Å². The van der Waals surface area contributed by atoms with Gasteiger partial charge in [0.1, 0.15) is 6.54 Å². The lowest BCUT2D eigenvalue weighted by Crippen LogP contribution is -2.26. The van der Waals surface area contributed by atoms with E-state index in [1.165, 1.54) is 10.2 Å². The lowest BCUT2D eigenvalue weighted by atomic mass is 10.2. The Hall–Kier alpha value is -2.96. The van der Waals surface area contributed by atoms with Crippen LogP contribution in [0.15, 0.2) is 51.9 Å². The van der Waals surface area contributed by atoms with Crippen LogP contribution >= 0.6 is 0 Å². The number of rotatable bonds is 6. The normalized spacial score (nSPS) is 13.8. The summed E-state index contributed by atoms with van der Waals surface area (Å²) in [4.78, 5) is 18.7. The zero-order valence-corrected chi connectivity index (χ0v) is 14.0. The van der Waals surface area contributed by atoms with E-state index in [0.717, 1.165) is 18.5 Å². The highest BCUT2D eigenvalue weighted by Crippen LogP contribution is 2.38. The fourth-order valence-electron chi connectivity index (χ4n) is 2.66. The minimum absolute atomic E-state index is 0.185. The first-order chi connectivity index (χ1) is 12.2. The van der Waals surface area contributed by atoms with Gasteiger partial charge >= 0.3 is 0 Å². The maximum atomic E-state index is 12.3. The third-order valence-corrected chi connectivity index (χ3v) is 4.26. The van der Waals surface area contributed by atoms with Gasteiger partial charge in [0, 0.05) is 25.6 Å². The molecule has 0 unspecified atom stereocenters. The minimum Gasteiger partial charge on any atom is -0.369 e. The molecule has 0 spiro atoms. The first kappa shape index (κ1) is 15.6. The van der Waals surface area contributed by atoms with E-state index in [-0.39, 0.29) is 12.1 Å². The SMILES string of the molecule is CN(Cc1ccccc1)c1cnn(Cc2noc(C3CC3)n2)c(=O)c1. The highest BCUT2D eigenvalue weighted by Gasteiger charge is 2.29. The van der Waals surface area contributed by atoms with Crippen molar-refractivity contribution in [2.24, 2.45) is 0 Å². The van der Waals surface area contributed by atoms with Gasteiger partial charge in [-0.05, 0) is 18.4 Å². The Bertz CT molecular complexity index is 914. The summed E-state index contributed by atoms with van der Waals surface area (Å²) in [6, 6.07) is 11.7. The Morgan fingerprint density at radius 3 is 2.80 bits per heavy atom. The molecule has 1 aliphatic carbocycles. The Morgan fingerprint density at radius 1 is 1.28 bits per heavy atom. The molecule has 0 bridgehead atoms. The first-order valence-electron chi connectivity index (χ1n) is 8.34. The standard InChI is InChI=1S/C18H19N5O2/c1-22(11-13-5-3-2-4-6-13)15-9-17(24)23(19-10-15)12-16-20-18(25-21-16)14-7-8-14/h2-6,9-10,14H,7-8,11-12H2,1H3. The molecule has 0 radical (unpaired) electrons. The van der Waals surface area contributed by atoms with Crippen LogP contribution in [-0.4, -0.2) is 27.0 Å². The van der Waals surface area contributed by atoms with E-state index < -0.39 is 0 Å². The molecule has 0 saturated heterocycles.